The van der Waals surface area contributed by atoms with Crippen molar-refractivity contribution in [2.75, 3.05) is 0 Å². The molecule has 0 atom stereocenters. The highest BCUT2D eigenvalue weighted by Crippen LogP contribution is 2.26. The number of alkyl halides is 3. The number of aromatic nitrogens is 2. The standard InChI is InChI=1S/C5HClF4N2/c6-3-2(7)1-11-4(12-3)5(8,9)10/h1H. The topological polar surface area (TPSA) is 25.8 Å². The smallest absolute Gasteiger partial charge is 0.230 e. The molecule has 1 aromatic heterocycles. The van der Waals surface area contributed by atoms with E-state index in [4.69, 9.17) is 11.6 Å². The lowest BCUT2D eigenvalue weighted by Gasteiger charge is -2.03. The SMILES string of the molecule is Fc1cnc(C(F)(F)F)nc1Cl. The van der Waals surface area contributed by atoms with Gasteiger partial charge in [0.25, 0.3) is 0 Å². The summed E-state index contributed by atoms with van der Waals surface area (Å²) in [7, 11) is 0. The maximum absolute atomic E-state index is 12.3. The molecule has 0 aliphatic carbocycles. The molecular formula is C5HClF4N2. The Bertz CT molecular complexity index is 298. The van der Waals surface area contributed by atoms with Gasteiger partial charge in [-0.15, -0.1) is 0 Å². The van der Waals surface area contributed by atoms with Crippen LogP contribution in [0.4, 0.5) is 17.6 Å². The van der Waals surface area contributed by atoms with Crippen molar-refractivity contribution in [2.45, 2.75) is 6.18 Å². The van der Waals surface area contributed by atoms with E-state index >= 15 is 0 Å². The Kier molecular flexibility index (Phi) is 2.18. The molecule has 1 aromatic rings. The van der Waals surface area contributed by atoms with Crippen molar-refractivity contribution in [3.63, 3.8) is 0 Å². The van der Waals surface area contributed by atoms with Gasteiger partial charge in [-0.2, -0.15) is 13.2 Å². The van der Waals surface area contributed by atoms with Crippen LogP contribution in [0.3, 0.4) is 0 Å². The molecule has 66 valence electrons. The largest absolute Gasteiger partial charge is 0.451 e. The van der Waals surface area contributed by atoms with E-state index in [1.165, 1.54) is 0 Å². The second-order valence-electron chi connectivity index (χ2n) is 1.83. The molecule has 0 N–H and O–H groups in total. The third kappa shape index (κ3) is 1.82. The first-order chi connectivity index (χ1) is 5.41. The molecule has 0 radical (unpaired) electrons. The molecule has 0 aliphatic heterocycles. The Morgan fingerprint density at radius 2 is 1.92 bits per heavy atom. The molecule has 12 heavy (non-hydrogen) atoms. The summed E-state index contributed by atoms with van der Waals surface area (Å²) in [5.74, 6) is -2.53. The summed E-state index contributed by atoms with van der Waals surface area (Å²) in [4.78, 5) is 5.41. The third-order valence-electron chi connectivity index (χ3n) is 0.955. The fourth-order valence-corrected chi connectivity index (χ4v) is 0.612. The van der Waals surface area contributed by atoms with Gasteiger partial charge in [0, 0.05) is 0 Å². The lowest BCUT2D eigenvalue weighted by atomic mass is 10.5. The average Bonchev–Trinajstić information content (AvgIpc) is 1.92. The quantitative estimate of drug-likeness (QED) is 0.474. The number of hydrogen-bond acceptors (Lipinski definition) is 2. The maximum atomic E-state index is 12.3. The van der Waals surface area contributed by atoms with E-state index in [-0.39, 0.29) is 0 Å². The molecule has 0 saturated heterocycles. The molecule has 0 saturated carbocycles. The predicted octanol–water partition coefficient (Wildman–Crippen LogP) is 2.29. The fourth-order valence-electron chi connectivity index (χ4n) is 0.483. The minimum Gasteiger partial charge on any atom is -0.230 e. The lowest BCUT2D eigenvalue weighted by molar-refractivity contribution is -0.145. The zero-order valence-corrected chi connectivity index (χ0v) is 6.12. The average molecular weight is 201 g/mol. The van der Waals surface area contributed by atoms with E-state index in [2.05, 4.69) is 9.97 Å². The monoisotopic (exact) mass is 200 g/mol. The van der Waals surface area contributed by atoms with Crippen LogP contribution < -0.4 is 0 Å². The summed E-state index contributed by atoms with van der Waals surface area (Å²) in [6, 6.07) is 0. The van der Waals surface area contributed by atoms with Gasteiger partial charge in [-0.05, 0) is 0 Å². The second kappa shape index (κ2) is 2.85. The molecule has 0 amide bonds. The van der Waals surface area contributed by atoms with Crippen molar-refractivity contribution in [2.24, 2.45) is 0 Å². The molecule has 0 aromatic carbocycles. The van der Waals surface area contributed by atoms with E-state index in [0.29, 0.717) is 6.20 Å². The number of hydrogen-bond donors (Lipinski definition) is 0. The molecule has 0 bridgehead atoms. The Morgan fingerprint density at radius 3 is 2.33 bits per heavy atom. The van der Waals surface area contributed by atoms with E-state index in [1.54, 1.807) is 0 Å². The number of rotatable bonds is 0. The highest BCUT2D eigenvalue weighted by molar-refractivity contribution is 6.29. The molecule has 0 fully saturated rings. The number of nitrogens with zero attached hydrogens (tertiary/aromatic N) is 2. The summed E-state index contributed by atoms with van der Waals surface area (Å²) in [6.07, 6.45) is -4.32. The van der Waals surface area contributed by atoms with E-state index in [0.717, 1.165) is 0 Å². The Balaban J connectivity index is 3.14. The van der Waals surface area contributed by atoms with Gasteiger partial charge >= 0.3 is 6.18 Å². The Labute approximate surface area is 69.2 Å². The van der Waals surface area contributed by atoms with Gasteiger partial charge in [-0.3, -0.25) is 0 Å². The van der Waals surface area contributed by atoms with Crippen LogP contribution in [0.5, 0.6) is 0 Å². The first-order valence-electron chi connectivity index (χ1n) is 2.66. The van der Waals surface area contributed by atoms with Crippen molar-refractivity contribution in [3.05, 3.63) is 23.0 Å². The van der Waals surface area contributed by atoms with Crippen LogP contribution in [0, 0.1) is 5.82 Å². The molecule has 2 nitrogen and oxygen atoms in total. The van der Waals surface area contributed by atoms with Gasteiger partial charge in [-0.25, -0.2) is 14.4 Å². The van der Waals surface area contributed by atoms with Crippen molar-refractivity contribution in [3.8, 4) is 0 Å². The van der Waals surface area contributed by atoms with Crippen LogP contribution in [0.1, 0.15) is 5.82 Å². The molecule has 1 rings (SSSR count). The summed E-state index contributed by atoms with van der Waals surface area (Å²) in [5, 5.41) is -0.836. The fraction of sp³-hybridized carbons (Fsp3) is 0.200. The van der Waals surface area contributed by atoms with Crippen LogP contribution in [0.25, 0.3) is 0 Å². The normalized spacial score (nSPS) is 11.8. The summed E-state index contributed by atoms with van der Waals surface area (Å²) < 4.78 is 47.6. The van der Waals surface area contributed by atoms with Crippen LogP contribution >= 0.6 is 11.6 Å². The van der Waals surface area contributed by atoms with Crippen molar-refractivity contribution < 1.29 is 17.6 Å². The first-order valence-corrected chi connectivity index (χ1v) is 3.04. The van der Waals surface area contributed by atoms with Gasteiger partial charge in [0.1, 0.15) is 0 Å². The molecule has 1 heterocycles. The van der Waals surface area contributed by atoms with Gasteiger partial charge in [0.15, 0.2) is 11.0 Å². The Hall–Kier alpha value is -0.910. The van der Waals surface area contributed by atoms with Crippen LogP contribution in [0.2, 0.25) is 5.15 Å². The molecule has 0 unspecified atom stereocenters. The highest BCUT2D eigenvalue weighted by atomic mass is 35.5. The molecule has 0 aliphatic rings. The maximum Gasteiger partial charge on any atom is 0.451 e. The van der Waals surface area contributed by atoms with E-state index < -0.39 is 23.0 Å². The molecule has 7 heteroatoms. The number of halogens is 5. The van der Waals surface area contributed by atoms with Crippen molar-refractivity contribution in [1.82, 2.24) is 9.97 Å². The van der Waals surface area contributed by atoms with Gasteiger partial charge in [-0.1, -0.05) is 11.6 Å². The van der Waals surface area contributed by atoms with Crippen LogP contribution in [0.15, 0.2) is 6.20 Å². The second-order valence-corrected chi connectivity index (χ2v) is 2.19. The highest BCUT2D eigenvalue weighted by Gasteiger charge is 2.35. The third-order valence-corrected chi connectivity index (χ3v) is 1.22. The van der Waals surface area contributed by atoms with Gasteiger partial charge < -0.3 is 0 Å². The van der Waals surface area contributed by atoms with Gasteiger partial charge in [0.2, 0.25) is 5.82 Å². The zero-order chi connectivity index (χ0) is 9.35. The minimum absolute atomic E-state index is 0.373. The van der Waals surface area contributed by atoms with E-state index in [1.807, 2.05) is 0 Å². The minimum atomic E-state index is -4.70. The lowest BCUT2D eigenvalue weighted by Crippen LogP contribution is -2.11. The van der Waals surface area contributed by atoms with Gasteiger partial charge in [0.05, 0.1) is 6.20 Å². The molecular weight excluding hydrogens is 200 g/mol. The zero-order valence-electron chi connectivity index (χ0n) is 5.36. The first kappa shape index (κ1) is 9.18. The predicted molar refractivity (Wildman–Crippen MR) is 32.0 cm³/mol. The van der Waals surface area contributed by atoms with Crippen LogP contribution in [-0.2, 0) is 6.18 Å². The molecule has 0 spiro atoms. The summed E-state index contributed by atoms with van der Waals surface area (Å²) in [5.41, 5.74) is 0. The summed E-state index contributed by atoms with van der Waals surface area (Å²) >= 11 is 4.99. The van der Waals surface area contributed by atoms with Crippen molar-refractivity contribution in [1.29, 1.82) is 0 Å². The van der Waals surface area contributed by atoms with Crippen LogP contribution in [-0.4, -0.2) is 9.97 Å². The Morgan fingerprint density at radius 1 is 1.33 bits per heavy atom. The summed E-state index contributed by atoms with van der Waals surface area (Å²) in [6.45, 7) is 0. The van der Waals surface area contributed by atoms with E-state index in [9.17, 15) is 17.6 Å². The van der Waals surface area contributed by atoms with Crippen molar-refractivity contribution >= 4 is 11.6 Å².